The van der Waals surface area contributed by atoms with Crippen molar-refractivity contribution in [2.24, 2.45) is 5.92 Å². The summed E-state index contributed by atoms with van der Waals surface area (Å²) in [6, 6.07) is 6.42. The fourth-order valence-corrected chi connectivity index (χ4v) is 4.10. The van der Waals surface area contributed by atoms with Gasteiger partial charge < -0.3 is 5.32 Å². The lowest BCUT2D eigenvalue weighted by atomic mass is 9.97. The predicted molar refractivity (Wildman–Crippen MR) is 96.2 cm³/mol. The summed E-state index contributed by atoms with van der Waals surface area (Å²) in [6.07, 6.45) is 4.58. The summed E-state index contributed by atoms with van der Waals surface area (Å²) < 4.78 is 24.8. The number of carbonyl (C=O) groups excluding carboxylic acids is 1. The monoisotopic (exact) mass is 352 g/mol. The van der Waals surface area contributed by atoms with Crippen molar-refractivity contribution in [3.05, 3.63) is 34.9 Å². The number of nitrogens with zero attached hydrogens (tertiary/aromatic N) is 1. The van der Waals surface area contributed by atoms with Gasteiger partial charge in [0.1, 0.15) is 0 Å². The van der Waals surface area contributed by atoms with Gasteiger partial charge in [-0.15, -0.1) is 0 Å². The van der Waals surface area contributed by atoms with Crippen LogP contribution in [0.4, 0.5) is 0 Å². The van der Waals surface area contributed by atoms with Crippen LogP contribution in [0.1, 0.15) is 43.4 Å². The molecular weight excluding hydrogens is 324 g/mol. The molecule has 0 bridgehead atoms. The Labute approximate surface area is 145 Å². The first kappa shape index (κ1) is 18.9. The molecule has 1 N–H and O–H groups in total. The number of rotatable bonds is 6. The Hall–Kier alpha value is -1.40. The highest BCUT2D eigenvalue weighted by Gasteiger charge is 2.30. The molecule has 2 rings (SSSR count). The minimum absolute atomic E-state index is 0.0488. The van der Waals surface area contributed by atoms with Gasteiger partial charge in [-0.25, -0.2) is 12.7 Å². The van der Waals surface area contributed by atoms with Crippen LogP contribution in [0.5, 0.6) is 0 Å². The van der Waals surface area contributed by atoms with Crippen LogP contribution in [0.15, 0.2) is 18.2 Å². The lowest BCUT2D eigenvalue weighted by molar-refractivity contribution is -0.126. The van der Waals surface area contributed by atoms with Gasteiger partial charge in [-0.1, -0.05) is 32.0 Å². The third-order valence-electron chi connectivity index (χ3n) is 4.74. The van der Waals surface area contributed by atoms with E-state index >= 15 is 0 Å². The van der Waals surface area contributed by atoms with Gasteiger partial charge in [-0.2, -0.15) is 0 Å². The summed E-state index contributed by atoms with van der Waals surface area (Å²) in [7, 11) is -3.23. The van der Waals surface area contributed by atoms with Gasteiger partial charge in [0, 0.05) is 19.6 Å². The third-order valence-corrected chi connectivity index (χ3v) is 6.01. The first-order valence-electron chi connectivity index (χ1n) is 8.68. The zero-order valence-electron chi connectivity index (χ0n) is 14.8. The molecule has 6 heteroatoms. The van der Waals surface area contributed by atoms with Crippen LogP contribution in [-0.2, 0) is 34.2 Å². The van der Waals surface area contributed by atoms with Crippen molar-refractivity contribution < 1.29 is 13.2 Å². The van der Waals surface area contributed by atoms with Crippen LogP contribution in [0, 0.1) is 5.92 Å². The second kappa shape index (κ2) is 8.12. The van der Waals surface area contributed by atoms with Gasteiger partial charge in [0.05, 0.1) is 12.2 Å². The molecule has 1 aromatic carbocycles. The van der Waals surface area contributed by atoms with Crippen LogP contribution >= 0.6 is 0 Å². The zero-order chi connectivity index (χ0) is 17.7. The van der Waals surface area contributed by atoms with E-state index in [2.05, 4.69) is 37.4 Å². The number of aryl methyl sites for hydroxylation is 2. The van der Waals surface area contributed by atoms with E-state index in [-0.39, 0.29) is 11.8 Å². The topological polar surface area (TPSA) is 66.5 Å². The molecule has 1 heterocycles. The van der Waals surface area contributed by atoms with E-state index < -0.39 is 10.0 Å². The molecule has 134 valence electrons. The maximum atomic E-state index is 12.5. The van der Waals surface area contributed by atoms with E-state index in [0.29, 0.717) is 19.6 Å². The first-order valence-corrected chi connectivity index (χ1v) is 10.5. The lowest BCUT2D eigenvalue weighted by Crippen LogP contribution is -2.44. The van der Waals surface area contributed by atoms with E-state index in [4.69, 9.17) is 0 Å². The minimum Gasteiger partial charge on any atom is -0.352 e. The second-order valence-corrected chi connectivity index (χ2v) is 8.47. The van der Waals surface area contributed by atoms with E-state index in [9.17, 15) is 13.2 Å². The predicted octanol–water partition coefficient (Wildman–Crippen LogP) is 2.10. The molecule has 1 saturated heterocycles. The van der Waals surface area contributed by atoms with E-state index in [1.54, 1.807) is 0 Å². The molecule has 0 aromatic heterocycles. The zero-order valence-corrected chi connectivity index (χ0v) is 15.7. The summed E-state index contributed by atoms with van der Waals surface area (Å²) in [4.78, 5) is 12.5. The molecule has 0 spiro atoms. The van der Waals surface area contributed by atoms with Crippen molar-refractivity contribution in [2.75, 3.05) is 19.3 Å². The SMILES string of the molecule is CCc1ccc(CC)c(CNC(=O)[C@@H]2CCCN(S(C)(=O)=O)C2)c1. The summed E-state index contributed by atoms with van der Waals surface area (Å²) in [6.45, 7) is 5.54. The Bertz CT molecular complexity index is 686. The molecule has 0 saturated carbocycles. The summed E-state index contributed by atoms with van der Waals surface area (Å²) in [5.41, 5.74) is 3.66. The number of hydrogen-bond donors (Lipinski definition) is 1. The number of benzene rings is 1. The summed E-state index contributed by atoms with van der Waals surface area (Å²) in [5, 5.41) is 3.01. The Morgan fingerprint density at radius 2 is 2.00 bits per heavy atom. The van der Waals surface area contributed by atoms with Crippen LogP contribution in [-0.4, -0.2) is 38.0 Å². The Balaban J connectivity index is 2.00. The number of amides is 1. The average Bonchev–Trinajstić information content (AvgIpc) is 2.58. The summed E-state index contributed by atoms with van der Waals surface area (Å²) in [5.74, 6) is -0.305. The molecule has 1 aliphatic heterocycles. The smallest absolute Gasteiger partial charge is 0.224 e. The Morgan fingerprint density at radius 1 is 1.25 bits per heavy atom. The van der Waals surface area contributed by atoms with E-state index in [0.717, 1.165) is 31.2 Å². The standard InChI is InChI=1S/C18H28N2O3S/c1-4-14-8-9-15(5-2)17(11-14)12-19-18(21)16-7-6-10-20(13-16)24(3,22)23/h8-9,11,16H,4-7,10,12-13H2,1-3H3,(H,19,21)/t16-/m1/s1. The fourth-order valence-electron chi connectivity index (χ4n) is 3.19. The normalized spacial score (nSPS) is 19.2. The van der Waals surface area contributed by atoms with Crippen LogP contribution < -0.4 is 5.32 Å². The van der Waals surface area contributed by atoms with Gasteiger partial charge in [-0.05, 0) is 42.4 Å². The quantitative estimate of drug-likeness (QED) is 0.852. The molecule has 1 aromatic rings. The summed E-state index contributed by atoms with van der Waals surface area (Å²) >= 11 is 0. The molecule has 1 amide bonds. The lowest BCUT2D eigenvalue weighted by Gasteiger charge is -2.30. The van der Waals surface area contributed by atoms with Crippen LogP contribution in [0.3, 0.4) is 0 Å². The van der Waals surface area contributed by atoms with Crippen molar-refractivity contribution in [3.8, 4) is 0 Å². The molecule has 1 atom stereocenters. The van der Waals surface area contributed by atoms with Crippen molar-refractivity contribution >= 4 is 15.9 Å². The third kappa shape index (κ3) is 4.80. The van der Waals surface area contributed by atoms with Crippen LogP contribution in [0.2, 0.25) is 0 Å². The highest BCUT2D eigenvalue weighted by Crippen LogP contribution is 2.19. The molecule has 0 radical (unpaired) electrons. The molecular formula is C18H28N2O3S. The minimum atomic E-state index is -3.23. The van der Waals surface area contributed by atoms with Gasteiger partial charge in [0.2, 0.25) is 15.9 Å². The van der Waals surface area contributed by atoms with Gasteiger partial charge >= 0.3 is 0 Å². The van der Waals surface area contributed by atoms with Gasteiger partial charge in [-0.3, -0.25) is 4.79 Å². The van der Waals surface area contributed by atoms with Crippen molar-refractivity contribution in [3.63, 3.8) is 0 Å². The number of hydrogen-bond acceptors (Lipinski definition) is 3. The second-order valence-electron chi connectivity index (χ2n) is 6.49. The maximum Gasteiger partial charge on any atom is 0.224 e. The van der Waals surface area contributed by atoms with Gasteiger partial charge in [0.15, 0.2) is 0 Å². The largest absolute Gasteiger partial charge is 0.352 e. The van der Waals surface area contributed by atoms with E-state index in [1.807, 2.05) is 0 Å². The Kier molecular flexibility index (Phi) is 6.40. The number of carbonyl (C=O) groups is 1. The molecule has 1 fully saturated rings. The first-order chi connectivity index (χ1) is 11.3. The van der Waals surface area contributed by atoms with Crippen molar-refractivity contribution in [1.82, 2.24) is 9.62 Å². The van der Waals surface area contributed by atoms with Crippen molar-refractivity contribution in [1.29, 1.82) is 0 Å². The fraction of sp³-hybridized carbons (Fsp3) is 0.611. The number of piperidine rings is 1. The molecule has 1 aliphatic rings. The molecule has 0 unspecified atom stereocenters. The molecule has 5 nitrogen and oxygen atoms in total. The Morgan fingerprint density at radius 3 is 2.62 bits per heavy atom. The molecule has 0 aliphatic carbocycles. The maximum absolute atomic E-state index is 12.5. The average molecular weight is 353 g/mol. The van der Waals surface area contributed by atoms with E-state index in [1.165, 1.54) is 21.7 Å². The van der Waals surface area contributed by atoms with Crippen molar-refractivity contribution in [2.45, 2.75) is 46.1 Å². The number of nitrogens with one attached hydrogen (secondary N) is 1. The van der Waals surface area contributed by atoms with Gasteiger partial charge in [0.25, 0.3) is 0 Å². The van der Waals surface area contributed by atoms with Crippen LogP contribution in [0.25, 0.3) is 0 Å². The highest BCUT2D eigenvalue weighted by molar-refractivity contribution is 7.88. The molecule has 24 heavy (non-hydrogen) atoms. The number of sulfonamides is 1. The highest BCUT2D eigenvalue weighted by atomic mass is 32.2.